The normalized spacial score (nSPS) is 11.7. The Morgan fingerprint density at radius 1 is 0.900 bits per heavy atom. The zero-order valence-electron chi connectivity index (χ0n) is 16.6. The van der Waals surface area contributed by atoms with Crippen LogP contribution in [0.5, 0.6) is 0 Å². The molecular weight excluding hydrogens is 398 g/mol. The maximum atomic E-state index is 13.0. The van der Waals surface area contributed by atoms with Gasteiger partial charge in [-0.25, -0.2) is 13.1 Å². The van der Waals surface area contributed by atoms with Crippen molar-refractivity contribution in [2.45, 2.75) is 24.7 Å². The maximum Gasteiger partial charge on any atom is 0.300 e. The zero-order valence-corrected chi connectivity index (χ0v) is 17.4. The van der Waals surface area contributed by atoms with E-state index in [0.717, 1.165) is 16.5 Å². The Labute approximate surface area is 175 Å². The number of nitrogens with one attached hydrogen (secondary N) is 1. The molecule has 0 aliphatic carbocycles. The van der Waals surface area contributed by atoms with E-state index >= 15 is 0 Å². The van der Waals surface area contributed by atoms with E-state index in [0.29, 0.717) is 17.1 Å². The molecule has 0 fully saturated rings. The lowest BCUT2D eigenvalue weighted by atomic mass is 10.0. The molecule has 5 nitrogen and oxygen atoms in total. The summed E-state index contributed by atoms with van der Waals surface area (Å²) in [5.41, 5.74) is 2.89. The average Bonchev–Trinajstić information content (AvgIpc) is 3.18. The molecule has 0 radical (unpaired) electrons. The highest BCUT2D eigenvalue weighted by molar-refractivity contribution is 7.90. The van der Waals surface area contributed by atoms with Gasteiger partial charge in [-0.2, -0.15) is 0 Å². The first-order valence-electron chi connectivity index (χ1n) is 9.60. The third-order valence-corrected chi connectivity index (χ3v) is 6.31. The van der Waals surface area contributed by atoms with Gasteiger partial charge in [0.25, 0.3) is 10.0 Å². The van der Waals surface area contributed by atoms with Gasteiger partial charge in [0, 0.05) is 10.9 Å². The van der Waals surface area contributed by atoms with E-state index in [9.17, 15) is 13.2 Å². The molecule has 1 aromatic heterocycles. The highest BCUT2D eigenvalue weighted by Crippen LogP contribution is 2.28. The van der Waals surface area contributed by atoms with Crippen molar-refractivity contribution in [2.75, 3.05) is 0 Å². The van der Waals surface area contributed by atoms with Gasteiger partial charge >= 0.3 is 5.91 Å². The minimum absolute atomic E-state index is 0.0303. The number of fused-ring (bicyclic) bond motifs is 1. The van der Waals surface area contributed by atoms with Crippen LogP contribution in [-0.2, 0) is 10.0 Å². The third kappa shape index (κ3) is 3.86. The number of amides is 1. The number of hydrogen-bond donors (Lipinski definition) is 1. The fourth-order valence-corrected chi connectivity index (χ4v) is 4.49. The summed E-state index contributed by atoms with van der Waals surface area (Å²) in [7, 11) is -4.11. The fraction of sp³-hybridized carbons (Fsp3) is 0.125. The van der Waals surface area contributed by atoms with Gasteiger partial charge in [-0.1, -0.05) is 74.5 Å². The van der Waals surface area contributed by atoms with Crippen LogP contribution in [0.1, 0.15) is 35.9 Å². The Balaban J connectivity index is 1.66. The molecule has 30 heavy (non-hydrogen) atoms. The molecule has 0 aliphatic rings. The van der Waals surface area contributed by atoms with Crippen molar-refractivity contribution in [1.29, 1.82) is 0 Å². The van der Waals surface area contributed by atoms with Gasteiger partial charge in [-0.15, -0.1) is 0 Å². The maximum absolute atomic E-state index is 13.0. The second-order valence-corrected chi connectivity index (χ2v) is 9.01. The van der Waals surface area contributed by atoms with Crippen LogP contribution >= 0.6 is 0 Å². The molecule has 0 spiro atoms. The van der Waals surface area contributed by atoms with Gasteiger partial charge in [0.05, 0.1) is 4.90 Å². The smallest absolute Gasteiger partial charge is 0.300 e. The predicted molar refractivity (Wildman–Crippen MR) is 117 cm³/mol. The number of sulfonamides is 1. The minimum atomic E-state index is -4.11. The van der Waals surface area contributed by atoms with Crippen LogP contribution < -0.4 is 4.72 Å². The molecule has 6 heteroatoms. The van der Waals surface area contributed by atoms with E-state index in [2.05, 4.69) is 18.6 Å². The first-order chi connectivity index (χ1) is 14.3. The van der Waals surface area contributed by atoms with Crippen molar-refractivity contribution in [2.24, 2.45) is 0 Å². The zero-order chi connectivity index (χ0) is 21.3. The lowest BCUT2D eigenvalue weighted by molar-refractivity contribution is 0.0956. The molecule has 4 rings (SSSR count). The number of carbonyl (C=O) groups excluding carboxylic acids is 1. The lowest BCUT2D eigenvalue weighted by Crippen LogP contribution is -2.30. The Morgan fingerprint density at radius 3 is 2.33 bits per heavy atom. The molecule has 1 amide bonds. The van der Waals surface area contributed by atoms with Crippen LogP contribution in [0.2, 0.25) is 0 Å². The molecule has 0 saturated heterocycles. The molecule has 152 valence electrons. The average molecular weight is 420 g/mol. The SMILES string of the molecule is CC(C)c1ccc2cc(C(=O)NS(=O)(=O)c3ccccc3-c3ccccc3)oc2c1. The molecule has 0 unspecified atom stereocenters. The molecule has 4 aromatic rings. The highest BCUT2D eigenvalue weighted by atomic mass is 32.2. The van der Waals surface area contributed by atoms with Crippen LogP contribution in [0.25, 0.3) is 22.1 Å². The van der Waals surface area contributed by atoms with Crippen molar-refractivity contribution < 1.29 is 17.6 Å². The summed E-state index contributed by atoms with van der Waals surface area (Å²) in [5.74, 6) is -0.543. The summed E-state index contributed by atoms with van der Waals surface area (Å²) in [6.07, 6.45) is 0. The van der Waals surface area contributed by atoms with Gasteiger partial charge in [-0.05, 0) is 35.2 Å². The molecule has 0 saturated carbocycles. The second kappa shape index (κ2) is 7.80. The van der Waals surface area contributed by atoms with E-state index in [4.69, 9.17) is 4.42 Å². The third-order valence-electron chi connectivity index (χ3n) is 4.92. The first kappa shape index (κ1) is 19.9. The van der Waals surface area contributed by atoms with Crippen molar-refractivity contribution in [3.63, 3.8) is 0 Å². The van der Waals surface area contributed by atoms with E-state index < -0.39 is 15.9 Å². The predicted octanol–water partition coefficient (Wildman–Crippen LogP) is 5.34. The minimum Gasteiger partial charge on any atom is -0.451 e. The van der Waals surface area contributed by atoms with Crippen LogP contribution in [0.4, 0.5) is 0 Å². The lowest BCUT2D eigenvalue weighted by Gasteiger charge is -2.11. The van der Waals surface area contributed by atoms with E-state index in [-0.39, 0.29) is 10.7 Å². The summed E-state index contributed by atoms with van der Waals surface area (Å²) < 4.78 is 33.8. The Bertz CT molecular complexity index is 1320. The monoisotopic (exact) mass is 419 g/mol. The number of benzene rings is 3. The molecule has 0 aliphatic heterocycles. The molecule has 0 bridgehead atoms. The largest absolute Gasteiger partial charge is 0.451 e. The van der Waals surface area contributed by atoms with Gasteiger partial charge in [-0.3, -0.25) is 4.79 Å². The molecule has 1 N–H and O–H groups in total. The van der Waals surface area contributed by atoms with Crippen molar-refractivity contribution in [1.82, 2.24) is 4.72 Å². The van der Waals surface area contributed by atoms with Crippen LogP contribution in [0, 0.1) is 0 Å². The van der Waals surface area contributed by atoms with Gasteiger partial charge in [0.2, 0.25) is 0 Å². The van der Waals surface area contributed by atoms with E-state index in [1.54, 1.807) is 24.3 Å². The van der Waals surface area contributed by atoms with Crippen molar-refractivity contribution in [3.05, 3.63) is 90.2 Å². The first-order valence-corrected chi connectivity index (χ1v) is 11.1. The molecule has 0 atom stereocenters. The van der Waals surface area contributed by atoms with Crippen LogP contribution in [-0.4, -0.2) is 14.3 Å². The summed E-state index contributed by atoms with van der Waals surface area (Å²) >= 11 is 0. The summed E-state index contributed by atoms with van der Waals surface area (Å²) in [5, 5.41) is 0.742. The quantitative estimate of drug-likeness (QED) is 0.474. The fourth-order valence-electron chi connectivity index (χ4n) is 3.30. The van der Waals surface area contributed by atoms with Crippen LogP contribution in [0.3, 0.4) is 0 Å². The number of hydrogen-bond acceptors (Lipinski definition) is 4. The Morgan fingerprint density at radius 2 is 1.60 bits per heavy atom. The molecular formula is C24H21NO4S. The Hall–Kier alpha value is -3.38. The van der Waals surface area contributed by atoms with E-state index in [1.807, 2.05) is 48.5 Å². The topological polar surface area (TPSA) is 76.4 Å². The van der Waals surface area contributed by atoms with Crippen molar-refractivity contribution in [3.8, 4) is 11.1 Å². The number of furan rings is 1. The highest BCUT2D eigenvalue weighted by Gasteiger charge is 2.24. The summed E-state index contributed by atoms with van der Waals surface area (Å²) in [6.45, 7) is 4.13. The molecule has 3 aromatic carbocycles. The summed E-state index contributed by atoms with van der Waals surface area (Å²) in [4.78, 5) is 12.7. The summed E-state index contributed by atoms with van der Waals surface area (Å²) in [6, 6.07) is 23.0. The number of carbonyl (C=O) groups is 1. The standard InChI is InChI=1S/C24H21NO4S/c1-16(2)18-12-13-19-15-22(29-21(19)14-18)24(26)25-30(27,28)23-11-7-6-10-20(23)17-8-4-3-5-9-17/h3-16H,1-2H3,(H,25,26). The molecule has 1 heterocycles. The Kier molecular flexibility index (Phi) is 5.18. The van der Waals surface area contributed by atoms with E-state index in [1.165, 1.54) is 6.07 Å². The number of rotatable bonds is 5. The van der Waals surface area contributed by atoms with Crippen molar-refractivity contribution >= 4 is 26.9 Å². The van der Waals surface area contributed by atoms with Gasteiger partial charge in [0.15, 0.2) is 5.76 Å². The second-order valence-electron chi connectivity index (χ2n) is 7.36. The van der Waals surface area contributed by atoms with Gasteiger partial charge < -0.3 is 4.42 Å². The van der Waals surface area contributed by atoms with Gasteiger partial charge in [0.1, 0.15) is 5.58 Å². The van der Waals surface area contributed by atoms with Crippen LogP contribution in [0.15, 0.2) is 88.2 Å².